The molecular formula is C25H31N3O5S. The Hall–Kier alpha value is -2.62. The SMILES string of the molecule is COC(=O)c1c(NC(=O)CN2CCN(Cc3ccc4c(c3)OCO4)CC2)sc2c1CCC(C)C2. The quantitative estimate of drug-likeness (QED) is 0.630. The number of nitrogens with one attached hydrogen (secondary N) is 1. The number of thiophene rings is 1. The molecule has 182 valence electrons. The summed E-state index contributed by atoms with van der Waals surface area (Å²) >= 11 is 1.53. The summed E-state index contributed by atoms with van der Waals surface area (Å²) in [7, 11) is 1.40. The number of carbonyl (C=O) groups excluding carboxylic acids is 2. The van der Waals surface area contributed by atoms with Crippen LogP contribution >= 0.6 is 11.3 Å². The van der Waals surface area contributed by atoms with Crippen LogP contribution in [-0.4, -0.2) is 68.3 Å². The van der Waals surface area contributed by atoms with Crippen molar-refractivity contribution in [3.63, 3.8) is 0 Å². The van der Waals surface area contributed by atoms with Gasteiger partial charge in [0, 0.05) is 37.6 Å². The van der Waals surface area contributed by atoms with E-state index in [1.54, 1.807) is 0 Å². The molecule has 0 saturated carbocycles. The third-order valence-electron chi connectivity index (χ3n) is 6.83. The molecule has 1 amide bonds. The number of carbonyl (C=O) groups is 2. The molecule has 2 aliphatic heterocycles. The summed E-state index contributed by atoms with van der Waals surface area (Å²) in [6.45, 7) is 7.09. The molecule has 1 fully saturated rings. The second kappa shape index (κ2) is 9.93. The number of rotatable bonds is 6. The van der Waals surface area contributed by atoms with Crippen molar-refractivity contribution in [2.75, 3.05) is 51.9 Å². The van der Waals surface area contributed by atoms with E-state index in [0.717, 1.165) is 69.0 Å². The molecule has 1 atom stereocenters. The van der Waals surface area contributed by atoms with E-state index in [0.29, 0.717) is 23.0 Å². The van der Waals surface area contributed by atoms with Crippen molar-refractivity contribution in [1.29, 1.82) is 0 Å². The number of hydrogen-bond donors (Lipinski definition) is 1. The van der Waals surface area contributed by atoms with Crippen molar-refractivity contribution in [3.8, 4) is 11.5 Å². The molecule has 0 bridgehead atoms. The smallest absolute Gasteiger partial charge is 0.341 e. The molecule has 0 radical (unpaired) electrons. The van der Waals surface area contributed by atoms with E-state index in [1.807, 2.05) is 12.1 Å². The van der Waals surface area contributed by atoms with Crippen LogP contribution in [0.4, 0.5) is 5.00 Å². The monoisotopic (exact) mass is 485 g/mol. The first-order chi connectivity index (χ1) is 16.5. The fourth-order valence-electron chi connectivity index (χ4n) is 4.93. The van der Waals surface area contributed by atoms with E-state index < -0.39 is 0 Å². The number of methoxy groups -OCH3 is 1. The predicted molar refractivity (Wildman–Crippen MR) is 130 cm³/mol. The van der Waals surface area contributed by atoms with Crippen LogP contribution in [0.2, 0.25) is 0 Å². The number of ether oxygens (including phenoxy) is 3. The van der Waals surface area contributed by atoms with Crippen LogP contribution in [0.3, 0.4) is 0 Å². The van der Waals surface area contributed by atoms with Gasteiger partial charge in [0.2, 0.25) is 12.7 Å². The lowest BCUT2D eigenvalue weighted by Crippen LogP contribution is -2.48. The average molecular weight is 486 g/mol. The van der Waals surface area contributed by atoms with Crippen LogP contribution in [-0.2, 0) is 28.9 Å². The van der Waals surface area contributed by atoms with Crippen molar-refractivity contribution >= 4 is 28.2 Å². The minimum absolute atomic E-state index is 0.0824. The Labute approximate surface area is 203 Å². The molecule has 8 nitrogen and oxygen atoms in total. The van der Waals surface area contributed by atoms with Crippen LogP contribution in [0.25, 0.3) is 0 Å². The number of benzene rings is 1. The number of esters is 1. The Balaban J connectivity index is 1.15. The van der Waals surface area contributed by atoms with Crippen LogP contribution in [0.15, 0.2) is 18.2 Å². The van der Waals surface area contributed by atoms with E-state index in [4.69, 9.17) is 14.2 Å². The Kier molecular flexibility index (Phi) is 6.76. The summed E-state index contributed by atoms with van der Waals surface area (Å²) in [5, 5.41) is 3.65. The largest absolute Gasteiger partial charge is 0.465 e. The zero-order valence-electron chi connectivity index (χ0n) is 19.7. The molecule has 2 aromatic rings. The van der Waals surface area contributed by atoms with Gasteiger partial charge in [-0.1, -0.05) is 13.0 Å². The molecule has 0 spiro atoms. The van der Waals surface area contributed by atoms with Gasteiger partial charge in [0.15, 0.2) is 11.5 Å². The summed E-state index contributed by atoms with van der Waals surface area (Å²) in [5.41, 5.74) is 2.81. The molecule has 1 aliphatic carbocycles. The Morgan fingerprint density at radius 2 is 1.91 bits per heavy atom. The molecule has 1 aromatic heterocycles. The number of piperazine rings is 1. The first-order valence-electron chi connectivity index (χ1n) is 11.9. The highest BCUT2D eigenvalue weighted by atomic mass is 32.1. The van der Waals surface area contributed by atoms with Gasteiger partial charge in [0.1, 0.15) is 5.00 Å². The van der Waals surface area contributed by atoms with E-state index in [1.165, 1.54) is 28.9 Å². The average Bonchev–Trinajstić information content (AvgIpc) is 3.43. The summed E-state index contributed by atoms with van der Waals surface area (Å²) in [6.07, 6.45) is 2.86. The second-order valence-electron chi connectivity index (χ2n) is 9.34. The summed E-state index contributed by atoms with van der Waals surface area (Å²) in [6, 6.07) is 6.08. The zero-order valence-corrected chi connectivity index (χ0v) is 20.5. The maximum atomic E-state index is 12.9. The van der Waals surface area contributed by atoms with Crippen LogP contribution in [0.1, 0.15) is 39.7 Å². The number of amides is 1. The molecule has 9 heteroatoms. The lowest BCUT2D eigenvalue weighted by molar-refractivity contribution is -0.117. The maximum Gasteiger partial charge on any atom is 0.341 e. The highest BCUT2D eigenvalue weighted by Crippen LogP contribution is 2.40. The Morgan fingerprint density at radius 1 is 1.15 bits per heavy atom. The Morgan fingerprint density at radius 3 is 2.71 bits per heavy atom. The molecule has 3 heterocycles. The molecule has 1 aromatic carbocycles. The molecule has 34 heavy (non-hydrogen) atoms. The van der Waals surface area contributed by atoms with Crippen molar-refractivity contribution in [2.45, 2.75) is 32.7 Å². The van der Waals surface area contributed by atoms with Gasteiger partial charge in [-0.2, -0.15) is 0 Å². The van der Waals surface area contributed by atoms with Gasteiger partial charge in [-0.25, -0.2) is 4.79 Å². The van der Waals surface area contributed by atoms with Crippen molar-refractivity contribution in [2.24, 2.45) is 5.92 Å². The molecule has 1 saturated heterocycles. The molecular weight excluding hydrogens is 454 g/mol. The molecule has 1 N–H and O–H groups in total. The lowest BCUT2D eigenvalue weighted by atomic mass is 9.88. The molecule has 3 aliphatic rings. The standard InChI is InChI=1S/C25H31N3O5S/c1-16-3-5-18-21(11-16)34-24(23(18)25(30)31-2)26-22(29)14-28-9-7-27(8-10-28)13-17-4-6-19-20(12-17)33-15-32-19/h4,6,12,16H,3,5,7-11,13-15H2,1-2H3,(H,26,29). The van der Waals surface area contributed by atoms with Crippen LogP contribution < -0.4 is 14.8 Å². The van der Waals surface area contributed by atoms with Crippen molar-refractivity contribution in [3.05, 3.63) is 39.8 Å². The van der Waals surface area contributed by atoms with Gasteiger partial charge in [0.25, 0.3) is 0 Å². The van der Waals surface area contributed by atoms with Gasteiger partial charge in [-0.05, 0) is 48.4 Å². The predicted octanol–water partition coefficient (Wildman–Crippen LogP) is 3.14. The number of fused-ring (bicyclic) bond motifs is 2. The molecule has 1 unspecified atom stereocenters. The Bertz CT molecular complexity index is 1080. The van der Waals surface area contributed by atoms with Gasteiger partial charge < -0.3 is 19.5 Å². The van der Waals surface area contributed by atoms with Gasteiger partial charge in [-0.15, -0.1) is 11.3 Å². The third-order valence-corrected chi connectivity index (χ3v) is 8.00. The first-order valence-corrected chi connectivity index (χ1v) is 12.7. The van der Waals surface area contributed by atoms with Gasteiger partial charge in [-0.3, -0.25) is 14.6 Å². The number of anilines is 1. The van der Waals surface area contributed by atoms with Crippen LogP contribution in [0, 0.1) is 5.92 Å². The van der Waals surface area contributed by atoms with Gasteiger partial charge in [0.05, 0.1) is 19.2 Å². The minimum atomic E-state index is -0.362. The van der Waals surface area contributed by atoms with E-state index in [9.17, 15) is 9.59 Å². The summed E-state index contributed by atoms with van der Waals surface area (Å²) in [5.74, 6) is 1.76. The molecule has 5 rings (SSSR count). The fraction of sp³-hybridized carbons (Fsp3) is 0.520. The number of hydrogen-bond acceptors (Lipinski definition) is 8. The topological polar surface area (TPSA) is 80.3 Å². The minimum Gasteiger partial charge on any atom is -0.465 e. The first kappa shape index (κ1) is 23.1. The highest BCUT2D eigenvalue weighted by Gasteiger charge is 2.29. The van der Waals surface area contributed by atoms with Crippen molar-refractivity contribution < 1.29 is 23.8 Å². The van der Waals surface area contributed by atoms with Gasteiger partial charge >= 0.3 is 5.97 Å². The highest BCUT2D eigenvalue weighted by molar-refractivity contribution is 7.17. The maximum absolute atomic E-state index is 12.9. The van der Waals surface area contributed by atoms with E-state index in [2.05, 4.69) is 28.1 Å². The lowest BCUT2D eigenvalue weighted by Gasteiger charge is -2.34. The van der Waals surface area contributed by atoms with Crippen LogP contribution in [0.5, 0.6) is 11.5 Å². The number of nitrogens with zero attached hydrogens (tertiary/aromatic N) is 2. The van der Waals surface area contributed by atoms with Crippen molar-refractivity contribution in [1.82, 2.24) is 9.80 Å². The third kappa shape index (κ3) is 4.92. The normalized spacial score (nSPS) is 20.1. The zero-order chi connectivity index (χ0) is 23.7. The van der Waals surface area contributed by atoms with E-state index >= 15 is 0 Å². The summed E-state index contributed by atoms with van der Waals surface area (Å²) in [4.78, 5) is 31.1. The van der Waals surface area contributed by atoms with E-state index in [-0.39, 0.29) is 18.7 Å². The fourth-order valence-corrected chi connectivity index (χ4v) is 6.34. The summed E-state index contributed by atoms with van der Waals surface area (Å²) < 4.78 is 15.9. The second-order valence-corrected chi connectivity index (χ2v) is 10.4.